The average Bonchev–Trinajstić information content (AvgIpc) is 3.85. The lowest BCUT2D eigenvalue weighted by molar-refractivity contribution is -0.157. The van der Waals surface area contributed by atoms with Crippen LogP contribution in [0.2, 0.25) is 0 Å². The fraction of sp³-hybridized carbons (Fsp3) is 0.389. The predicted molar refractivity (Wildman–Crippen MR) is 256 cm³/mol. The molecule has 356 valence electrons. The van der Waals surface area contributed by atoms with Crippen molar-refractivity contribution in [3.8, 4) is 46.3 Å². The second kappa shape index (κ2) is 17.8. The Bertz CT molecular complexity index is 2910. The van der Waals surface area contributed by atoms with Crippen molar-refractivity contribution >= 4 is 23.7 Å². The van der Waals surface area contributed by atoms with Crippen molar-refractivity contribution in [3.05, 3.63) is 134 Å². The van der Waals surface area contributed by atoms with Crippen molar-refractivity contribution in [2.75, 3.05) is 47.0 Å². The van der Waals surface area contributed by atoms with Crippen LogP contribution in [0.5, 0.6) is 40.2 Å². The number of hydrogen-bond acceptors (Lipinski definition) is 15. The Morgan fingerprint density at radius 1 is 0.870 bits per heavy atom. The normalized spacial score (nSPS) is 25.3. The number of thioether (sulfide) groups is 1. The standard InChI is InChI=1S/C54H54N4O10S/c1-29-19-35-20-37-38(23-55)58-39-26-65-53(60)54(36-22-40(61-5)41(21-34(36)17-18-56-54)63-24-32-13-9-7-10-14-32)27-69-52(44-43(39)51-49(66-28-67-51)30(2)48(44)68-31(3)59)46(58)45(57(37)4)42(35)50(47(29)62-6)64-25-33-15-11-8-12-16-33/h7-16,19,21-22,37-39,45-46,52,56H,17-18,20,24-28H2,1-6H3/t37-,38+,39+,45+,46?,52-,54-/m1/s1. The summed E-state index contributed by atoms with van der Waals surface area (Å²) in [6.07, 6.45) is 1.19. The molecule has 0 amide bonds. The summed E-state index contributed by atoms with van der Waals surface area (Å²) in [7, 11) is 5.36. The molecule has 15 heteroatoms. The lowest BCUT2D eigenvalue weighted by Gasteiger charge is -2.62. The summed E-state index contributed by atoms with van der Waals surface area (Å²) in [5.74, 6) is 2.93. The van der Waals surface area contributed by atoms with E-state index in [4.69, 9.17) is 37.9 Å². The smallest absolute Gasteiger partial charge is 0.331 e. The van der Waals surface area contributed by atoms with Crippen molar-refractivity contribution in [3.63, 3.8) is 0 Å². The van der Waals surface area contributed by atoms with Gasteiger partial charge in [0.15, 0.2) is 40.0 Å². The van der Waals surface area contributed by atoms with Crippen LogP contribution in [0, 0.1) is 25.2 Å². The molecule has 7 atom stereocenters. The van der Waals surface area contributed by atoms with Gasteiger partial charge in [0.05, 0.1) is 37.6 Å². The van der Waals surface area contributed by atoms with E-state index in [1.54, 1.807) is 26.0 Å². The molecule has 0 radical (unpaired) electrons. The largest absolute Gasteiger partial charge is 0.493 e. The molecule has 1 N–H and O–H groups in total. The number of nitrogens with zero attached hydrogens (tertiary/aromatic N) is 3. The Kier molecular flexibility index (Phi) is 11.6. The van der Waals surface area contributed by atoms with E-state index in [2.05, 4.69) is 34.3 Å². The van der Waals surface area contributed by atoms with Gasteiger partial charge in [-0.2, -0.15) is 5.26 Å². The SMILES string of the molecule is COc1cc2c(cc1OCc1ccccc1)CCN[C@]21CS[C@@H]2c3c(OC(C)=O)c(C)c4c(c3[C@H](COC1=O)N1C2[C@@H]2c3c(cc(C)c(OC)c3OCc3ccccc3)C[C@H]([C@@H]1C#N)N2C)OCO4. The number of piperazine rings is 1. The van der Waals surface area contributed by atoms with Gasteiger partial charge in [-0.1, -0.05) is 66.7 Å². The van der Waals surface area contributed by atoms with Gasteiger partial charge in [-0.05, 0) is 79.3 Å². The third-order valence-electron chi connectivity index (χ3n) is 14.9. The molecule has 2 saturated heterocycles. The highest BCUT2D eigenvalue weighted by Gasteiger charge is 2.62. The van der Waals surface area contributed by atoms with Gasteiger partial charge in [0.25, 0.3) is 0 Å². The minimum atomic E-state index is -1.34. The van der Waals surface area contributed by atoms with Crippen LogP contribution >= 0.6 is 11.8 Å². The highest BCUT2D eigenvalue weighted by Crippen LogP contribution is 2.65. The third kappa shape index (κ3) is 7.25. The van der Waals surface area contributed by atoms with E-state index in [1.165, 1.54) is 6.92 Å². The van der Waals surface area contributed by atoms with Crippen molar-refractivity contribution < 1.29 is 47.5 Å². The maximum atomic E-state index is 15.3. The molecule has 12 rings (SSSR count). The summed E-state index contributed by atoms with van der Waals surface area (Å²) in [6.45, 7) is 6.24. The zero-order valence-corrected chi connectivity index (χ0v) is 40.3. The van der Waals surface area contributed by atoms with Gasteiger partial charge < -0.3 is 37.9 Å². The van der Waals surface area contributed by atoms with Crippen LogP contribution in [0.15, 0.2) is 78.9 Å². The van der Waals surface area contributed by atoms with E-state index in [0.29, 0.717) is 84.0 Å². The molecule has 2 fully saturated rings. The first-order chi connectivity index (χ1) is 33.6. The number of likely N-dealkylation sites (N-methyl/N-ethyl adjacent to an activating group) is 1. The first-order valence-electron chi connectivity index (χ1n) is 23.4. The van der Waals surface area contributed by atoms with Gasteiger partial charge in [-0.15, -0.1) is 11.8 Å². The number of carbonyl (C=O) groups excluding carboxylic acids is 2. The third-order valence-corrected chi connectivity index (χ3v) is 16.3. The van der Waals surface area contributed by atoms with E-state index >= 15 is 4.79 Å². The molecule has 69 heavy (non-hydrogen) atoms. The van der Waals surface area contributed by atoms with E-state index in [9.17, 15) is 10.1 Å². The molecule has 14 nitrogen and oxygen atoms in total. The van der Waals surface area contributed by atoms with Gasteiger partial charge in [-0.3, -0.25) is 19.9 Å². The van der Waals surface area contributed by atoms with E-state index in [0.717, 1.165) is 44.5 Å². The number of carbonyl (C=O) groups is 2. The number of ether oxygens (including phenoxy) is 8. The van der Waals surface area contributed by atoms with Gasteiger partial charge >= 0.3 is 11.9 Å². The van der Waals surface area contributed by atoms with Crippen LogP contribution < -0.4 is 38.5 Å². The van der Waals surface area contributed by atoms with Crippen LogP contribution in [0.25, 0.3) is 0 Å². The van der Waals surface area contributed by atoms with Gasteiger partial charge in [0, 0.05) is 53.6 Å². The number of nitriles is 1. The molecule has 7 heterocycles. The topological polar surface area (TPSA) is 150 Å². The zero-order chi connectivity index (χ0) is 47.7. The Labute approximate surface area is 405 Å². The number of methoxy groups -OCH3 is 2. The summed E-state index contributed by atoms with van der Waals surface area (Å²) in [4.78, 5) is 33.2. The summed E-state index contributed by atoms with van der Waals surface area (Å²) in [5.41, 5.74) is 7.38. The monoisotopic (exact) mass is 950 g/mol. The highest BCUT2D eigenvalue weighted by molar-refractivity contribution is 7.99. The molecule has 0 aliphatic carbocycles. The first kappa shape index (κ1) is 45.0. The Balaban J connectivity index is 1.11. The molecule has 5 aromatic carbocycles. The molecular weight excluding hydrogens is 897 g/mol. The second-order valence-electron chi connectivity index (χ2n) is 18.6. The first-order valence-corrected chi connectivity index (χ1v) is 24.4. The summed E-state index contributed by atoms with van der Waals surface area (Å²) >= 11 is 1.57. The quantitative estimate of drug-likeness (QED) is 0.113. The van der Waals surface area contributed by atoms with Crippen molar-refractivity contribution in [2.24, 2.45) is 0 Å². The Hall–Kier alpha value is -6.44. The maximum absolute atomic E-state index is 15.3. The van der Waals surface area contributed by atoms with E-state index in [1.807, 2.05) is 86.6 Å². The van der Waals surface area contributed by atoms with Crippen molar-refractivity contribution in [1.29, 1.82) is 5.26 Å². The van der Waals surface area contributed by atoms with Crippen LogP contribution in [-0.2, 0) is 45.9 Å². The Morgan fingerprint density at radius 2 is 1.59 bits per heavy atom. The number of hydrogen-bond donors (Lipinski definition) is 1. The fourth-order valence-electron chi connectivity index (χ4n) is 11.9. The Morgan fingerprint density at radius 3 is 2.29 bits per heavy atom. The number of fused-ring (bicyclic) bond motifs is 9. The number of rotatable bonds is 9. The van der Waals surface area contributed by atoms with E-state index < -0.39 is 46.9 Å². The summed E-state index contributed by atoms with van der Waals surface area (Å²) < 4.78 is 51.1. The minimum Gasteiger partial charge on any atom is -0.493 e. The lowest BCUT2D eigenvalue weighted by Crippen LogP contribution is -2.69. The average molecular weight is 951 g/mol. The number of esters is 2. The summed E-state index contributed by atoms with van der Waals surface area (Å²) in [6, 6.07) is 26.3. The highest BCUT2D eigenvalue weighted by atomic mass is 32.2. The number of benzene rings is 5. The van der Waals surface area contributed by atoms with Crippen LogP contribution in [0.1, 0.15) is 79.9 Å². The van der Waals surface area contributed by atoms with E-state index in [-0.39, 0.29) is 25.2 Å². The van der Waals surface area contributed by atoms with Gasteiger partial charge in [-0.25, -0.2) is 4.79 Å². The molecule has 0 saturated carbocycles. The zero-order valence-electron chi connectivity index (χ0n) is 39.5. The van der Waals surface area contributed by atoms with Gasteiger partial charge in [0.2, 0.25) is 6.79 Å². The molecule has 1 unspecified atom stereocenters. The van der Waals surface area contributed by atoms with Crippen molar-refractivity contribution in [2.45, 2.75) is 87.8 Å². The van der Waals surface area contributed by atoms with Crippen LogP contribution in [-0.4, -0.2) is 86.8 Å². The maximum Gasteiger partial charge on any atom is 0.331 e. The number of nitrogens with one attached hydrogen (secondary N) is 1. The van der Waals surface area contributed by atoms with Gasteiger partial charge in [0.1, 0.15) is 31.6 Å². The fourth-order valence-corrected chi connectivity index (χ4v) is 13.6. The molecular formula is C54H54N4O10S. The molecule has 5 aromatic rings. The molecule has 7 aliphatic rings. The lowest BCUT2D eigenvalue weighted by atomic mass is 9.71. The molecule has 4 bridgehead atoms. The molecule has 1 spiro atoms. The van der Waals surface area contributed by atoms with Crippen LogP contribution in [0.4, 0.5) is 0 Å². The minimum absolute atomic E-state index is 0.0487. The van der Waals surface area contributed by atoms with Crippen LogP contribution in [0.3, 0.4) is 0 Å². The predicted octanol–water partition coefficient (Wildman–Crippen LogP) is 7.73. The van der Waals surface area contributed by atoms with Crippen molar-refractivity contribution in [1.82, 2.24) is 15.1 Å². The molecule has 0 aromatic heterocycles. The number of aryl methyl sites for hydroxylation is 1. The summed E-state index contributed by atoms with van der Waals surface area (Å²) in [5, 5.41) is 14.6. The molecule has 7 aliphatic heterocycles. The second-order valence-corrected chi connectivity index (χ2v) is 19.7.